The Morgan fingerprint density at radius 1 is 1.16 bits per heavy atom. The van der Waals surface area contributed by atoms with Crippen LogP contribution < -0.4 is 0 Å². The molecule has 1 aliphatic rings. The van der Waals surface area contributed by atoms with E-state index < -0.39 is 8.80 Å². The molecular weight excluding hydrogens is 258 g/mol. The van der Waals surface area contributed by atoms with E-state index in [0.29, 0.717) is 0 Å². The van der Waals surface area contributed by atoms with E-state index in [1.54, 1.807) is 21.3 Å². The molecule has 2 atom stereocenters. The number of piperidine rings is 1. The summed E-state index contributed by atoms with van der Waals surface area (Å²) in [5.74, 6) is 1.61. The molecule has 1 heterocycles. The second-order valence-electron chi connectivity index (χ2n) is 6.62. The van der Waals surface area contributed by atoms with E-state index in [9.17, 15) is 0 Å². The van der Waals surface area contributed by atoms with Gasteiger partial charge < -0.3 is 17.8 Å². The highest BCUT2D eigenvalue weighted by molar-refractivity contribution is 6.60. The summed E-state index contributed by atoms with van der Waals surface area (Å²) in [6, 6.07) is 0. The molecule has 0 radical (unpaired) electrons. The fraction of sp³-hybridized carbons (Fsp3) is 1.00. The Hall–Kier alpha value is 0.0569. The number of hydrogen-bond acceptors (Lipinski definition) is 3. The molecule has 0 aromatic heterocycles. The van der Waals surface area contributed by atoms with Crippen molar-refractivity contribution >= 4 is 8.80 Å². The van der Waals surface area contributed by atoms with Crippen molar-refractivity contribution < 1.29 is 17.8 Å². The van der Waals surface area contributed by atoms with Crippen molar-refractivity contribution in [3.8, 4) is 0 Å². The van der Waals surface area contributed by atoms with Gasteiger partial charge in [-0.25, -0.2) is 0 Å². The summed E-state index contributed by atoms with van der Waals surface area (Å²) in [7, 11) is 4.98. The van der Waals surface area contributed by atoms with E-state index in [1.165, 1.54) is 32.4 Å². The van der Waals surface area contributed by atoms with Crippen molar-refractivity contribution in [1.82, 2.24) is 0 Å². The molecule has 1 aliphatic heterocycles. The molecule has 1 rings (SSSR count). The normalized spacial score (nSPS) is 28.9. The fourth-order valence-electron chi connectivity index (χ4n) is 3.48. The smallest absolute Gasteiger partial charge is 0.374 e. The maximum Gasteiger partial charge on any atom is 0.558 e. The zero-order valence-electron chi connectivity index (χ0n) is 13.6. The molecule has 0 spiro atoms. The van der Waals surface area contributed by atoms with Crippen LogP contribution in [0.2, 0.25) is 0 Å². The van der Waals surface area contributed by atoms with Gasteiger partial charge in [-0.3, -0.25) is 0 Å². The standard InChI is InChI=1S/C14H32NO3Si/c1-13(2)10-14-8-7-9-15(3,11-14)12-19(16-4,17-5)18-6/h13-14H,7-12H2,1-6H3/q+1. The third-order valence-electron chi connectivity index (χ3n) is 4.32. The molecule has 0 amide bonds. The van der Waals surface area contributed by atoms with E-state index in [1.807, 2.05) is 0 Å². The van der Waals surface area contributed by atoms with Crippen molar-refractivity contribution in [2.45, 2.75) is 33.1 Å². The Kier molecular flexibility index (Phi) is 6.46. The van der Waals surface area contributed by atoms with Gasteiger partial charge in [0.25, 0.3) is 0 Å². The lowest BCUT2D eigenvalue weighted by Gasteiger charge is -2.44. The first-order chi connectivity index (χ1) is 8.88. The lowest BCUT2D eigenvalue weighted by Crippen LogP contribution is -2.63. The van der Waals surface area contributed by atoms with Crippen LogP contribution in [0.3, 0.4) is 0 Å². The SMILES string of the molecule is CO[Si](C[N+]1(C)CCCC(CC(C)C)C1)(OC)OC. The molecule has 0 aromatic carbocycles. The molecular formula is C14H32NO3Si+. The number of quaternary nitrogens is 1. The number of hydrogen-bond donors (Lipinski definition) is 0. The first-order valence-electron chi connectivity index (χ1n) is 7.37. The summed E-state index contributed by atoms with van der Waals surface area (Å²) in [5, 5.41) is 0. The van der Waals surface area contributed by atoms with Gasteiger partial charge in [0.15, 0.2) is 0 Å². The molecule has 0 aromatic rings. The Morgan fingerprint density at radius 3 is 2.21 bits per heavy atom. The van der Waals surface area contributed by atoms with Crippen LogP contribution in [0.5, 0.6) is 0 Å². The van der Waals surface area contributed by atoms with Gasteiger partial charge in [0.1, 0.15) is 6.17 Å². The largest absolute Gasteiger partial charge is 0.558 e. The minimum atomic E-state index is -2.47. The number of nitrogens with zero attached hydrogens (tertiary/aromatic N) is 1. The third-order valence-corrected chi connectivity index (χ3v) is 7.34. The molecule has 0 N–H and O–H groups in total. The third kappa shape index (κ3) is 4.83. The van der Waals surface area contributed by atoms with Gasteiger partial charge in [0.05, 0.1) is 20.1 Å². The van der Waals surface area contributed by atoms with Crippen LogP contribution in [0.4, 0.5) is 0 Å². The first-order valence-corrected chi connectivity index (χ1v) is 9.31. The van der Waals surface area contributed by atoms with Crippen LogP contribution in [-0.4, -0.2) is 60.9 Å². The molecule has 0 bridgehead atoms. The molecule has 5 heteroatoms. The quantitative estimate of drug-likeness (QED) is 0.532. The van der Waals surface area contributed by atoms with E-state index in [2.05, 4.69) is 20.9 Å². The van der Waals surface area contributed by atoms with Gasteiger partial charge in [-0.05, 0) is 25.2 Å². The van der Waals surface area contributed by atoms with Gasteiger partial charge in [0.2, 0.25) is 0 Å². The van der Waals surface area contributed by atoms with Crippen molar-refractivity contribution in [1.29, 1.82) is 0 Å². The molecule has 4 nitrogen and oxygen atoms in total. The monoisotopic (exact) mass is 290 g/mol. The van der Waals surface area contributed by atoms with E-state index in [-0.39, 0.29) is 0 Å². The lowest BCUT2D eigenvalue weighted by molar-refractivity contribution is -0.910. The van der Waals surface area contributed by atoms with E-state index >= 15 is 0 Å². The minimum absolute atomic E-state index is 0.783. The minimum Gasteiger partial charge on any atom is -0.374 e. The molecule has 19 heavy (non-hydrogen) atoms. The number of rotatable bonds is 7. The Balaban J connectivity index is 2.68. The Morgan fingerprint density at radius 2 is 1.74 bits per heavy atom. The Bertz CT molecular complexity index is 263. The van der Waals surface area contributed by atoms with Crippen molar-refractivity contribution in [3.63, 3.8) is 0 Å². The molecule has 114 valence electrons. The van der Waals surface area contributed by atoms with Gasteiger partial charge in [0, 0.05) is 27.2 Å². The first kappa shape index (κ1) is 17.1. The summed E-state index contributed by atoms with van der Waals surface area (Å²) < 4.78 is 17.8. The predicted octanol–water partition coefficient (Wildman–Crippen LogP) is 2.31. The highest BCUT2D eigenvalue weighted by atomic mass is 28.4. The van der Waals surface area contributed by atoms with Gasteiger partial charge >= 0.3 is 8.80 Å². The maximum absolute atomic E-state index is 5.60. The average molecular weight is 290 g/mol. The molecule has 0 aliphatic carbocycles. The predicted molar refractivity (Wildman–Crippen MR) is 79.7 cm³/mol. The van der Waals surface area contributed by atoms with Crippen molar-refractivity contribution in [2.75, 3.05) is 47.6 Å². The molecule has 0 saturated carbocycles. The summed E-state index contributed by atoms with van der Waals surface area (Å²) >= 11 is 0. The summed E-state index contributed by atoms with van der Waals surface area (Å²) in [5.41, 5.74) is 0. The summed E-state index contributed by atoms with van der Waals surface area (Å²) in [6.45, 7) is 7.07. The van der Waals surface area contributed by atoms with Crippen LogP contribution in [-0.2, 0) is 13.3 Å². The second-order valence-corrected chi connectivity index (χ2v) is 9.52. The van der Waals surface area contributed by atoms with Crippen LogP contribution in [0, 0.1) is 11.8 Å². The zero-order chi connectivity index (χ0) is 14.5. The van der Waals surface area contributed by atoms with Crippen molar-refractivity contribution in [3.05, 3.63) is 0 Å². The van der Waals surface area contributed by atoms with Crippen LogP contribution >= 0.6 is 0 Å². The Labute approximate surface area is 120 Å². The van der Waals surface area contributed by atoms with Crippen molar-refractivity contribution in [2.24, 2.45) is 11.8 Å². The maximum atomic E-state index is 5.60. The summed E-state index contributed by atoms with van der Waals surface area (Å²) in [6.07, 6.45) is 4.88. The zero-order valence-corrected chi connectivity index (χ0v) is 14.6. The van der Waals surface area contributed by atoms with E-state index in [4.69, 9.17) is 13.3 Å². The van der Waals surface area contributed by atoms with Gasteiger partial charge in [-0.15, -0.1) is 0 Å². The highest BCUT2D eigenvalue weighted by Crippen LogP contribution is 2.28. The molecule has 1 saturated heterocycles. The van der Waals surface area contributed by atoms with Gasteiger partial charge in [-0.1, -0.05) is 13.8 Å². The van der Waals surface area contributed by atoms with E-state index in [0.717, 1.165) is 22.5 Å². The summed E-state index contributed by atoms with van der Waals surface area (Å²) in [4.78, 5) is 0. The van der Waals surface area contributed by atoms with Crippen LogP contribution in [0.1, 0.15) is 33.1 Å². The highest BCUT2D eigenvalue weighted by Gasteiger charge is 2.48. The average Bonchev–Trinajstić information content (AvgIpc) is 2.35. The molecule has 2 unspecified atom stereocenters. The molecule has 1 fully saturated rings. The van der Waals surface area contributed by atoms with Gasteiger partial charge in [-0.2, -0.15) is 0 Å². The van der Waals surface area contributed by atoms with Crippen LogP contribution in [0.25, 0.3) is 0 Å². The topological polar surface area (TPSA) is 27.7 Å². The lowest BCUT2D eigenvalue weighted by atomic mass is 9.89. The number of likely N-dealkylation sites (tertiary alicyclic amines) is 1. The second kappa shape index (κ2) is 7.18. The van der Waals surface area contributed by atoms with Crippen LogP contribution in [0.15, 0.2) is 0 Å². The fourth-order valence-corrected chi connectivity index (χ4v) is 5.59.